The number of nitrogens with one attached hydrogen (secondary N) is 1. The van der Waals surface area contributed by atoms with E-state index in [1.54, 1.807) is 0 Å². The van der Waals surface area contributed by atoms with Crippen molar-refractivity contribution in [1.82, 2.24) is 10.2 Å². The maximum absolute atomic E-state index is 6.12. The first-order valence-corrected chi connectivity index (χ1v) is 11.8. The molecule has 6 nitrogen and oxygen atoms in total. The van der Waals surface area contributed by atoms with Crippen molar-refractivity contribution in [2.24, 2.45) is 10.9 Å². The second-order valence-electron chi connectivity index (χ2n) is 8.69. The van der Waals surface area contributed by atoms with Gasteiger partial charge in [0.15, 0.2) is 5.96 Å². The largest absolute Gasteiger partial charge is 0.493 e. The van der Waals surface area contributed by atoms with Crippen molar-refractivity contribution in [3.8, 4) is 5.75 Å². The molecule has 1 saturated carbocycles. The molecule has 2 heterocycles. The highest BCUT2D eigenvalue weighted by Gasteiger charge is 2.25. The minimum absolute atomic E-state index is 0.309. The molecule has 1 aromatic rings. The lowest BCUT2D eigenvalue weighted by atomic mass is 10.1. The molecule has 3 aliphatic rings. The van der Waals surface area contributed by atoms with Gasteiger partial charge in [-0.3, -0.25) is 0 Å². The maximum Gasteiger partial charge on any atom is 0.194 e. The standard InChI is InChI=1S/C24H37N3O3/c1-2-25-24(26-16-20-6-3-4-8-23(20)30-17-19-9-10-19)27-13-11-21(12-14-27)29-18-22-7-5-15-28-22/h3-4,6,8,19,21-22H,2,5,7,9-18H2,1H3,(H,25,26). The Hall–Kier alpha value is -1.79. The average molecular weight is 416 g/mol. The van der Waals surface area contributed by atoms with E-state index in [-0.39, 0.29) is 0 Å². The van der Waals surface area contributed by atoms with Crippen LogP contribution in [0.2, 0.25) is 0 Å². The summed E-state index contributed by atoms with van der Waals surface area (Å²) in [5, 5.41) is 3.47. The number of hydrogen-bond donors (Lipinski definition) is 1. The number of nitrogens with zero attached hydrogens (tertiary/aromatic N) is 2. The van der Waals surface area contributed by atoms with Gasteiger partial charge >= 0.3 is 0 Å². The van der Waals surface area contributed by atoms with E-state index in [1.165, 1.54) is 19.3 Å². The molecule has 1 N–H and O–H groups in total. The van der Waals surface area contributed by atoms with E-state index in [2.05, 4.69) is 35.3 Å². The molecule has 3 fully saturated rings. The summed E-state index contributed by atoms with van der Waals surface area (Å²) >= 11 is 0. The second-order valence-corrected chi connectivity index (χ2v) is 8.69. The summed E-state index contributed by atoms with van der Waals surface area (Å²) in [5.41, 5.74) is 1.16. The summed E-state index contributed by atoms with van der Waals surface area (Å²) in [4.78, 5) is 7.30. The van der Waals surface area contributed by atoms with Gasteiger partial charge in [0.05, 0.1) is 32.0 Å². The van der Waals surface area contributed by atoms with Crippen LogP contribution in [-0.4, -0.2) is 62.5 Å². The quantitative estimate of drug-likeness (QED) is 0.493. The molecule has 6 heteroatoms. The Morgan fingerprint density at radius 1 is 1.13 bits per heavy atom. The van der Waals surface area contributed by atoms with Gasteiger partial charge < -0.3 is 24.4 Å². The van der Waals surface area contributed by atoms with Crippen LogP contribution in [0.25, 0.3) is 0 Å². The summed E-state index contributed by atoms with van der Waals surface area (Å²) in [7, 11) is 0. The normalized spacial score (nSPS) is 23.0. The van der Waals surface area contributed by atoms with Gasteiger partial charge in [-0.1, -0.05) is 18.2 Å². The van der Waals surface area contributed by atoms with Crippen molar-refractivity contribution >= 4 is 5.96 Å². The van der Waals surface area contributed by atoms with Crippen LogP contribution in [0.4, 0.5) is 0 Å². The molecule has 0 radical (unpaired) electrons. The maximum atomic E-state index is 6.12. The third kappa shape index (κ3) is 6.35. The number of para-hydroxylation sites is 1. The first kappa shape index (κ1) is 21.4. The third-order valence-corrected chi connectivity index (χ3v) is 6.16. The van der Waals surface area contributed by atoms with E-state index < -0.39 is 0 Å². The van der Waals surface area contributed by atoms with E-state index in [9.17, 15) is 0 Å². The minimum Gasteiger partial charge on any atom is -0.493 e. The van der Waals surface area contributed by atoms with Crippen LogP contribution in [0.3, 0.4) is 0 Å². The van der Waals surface area contributed by atoms with Crippen molar-refractivity contribution in [1.29, 1.82) is 0 Å². The summed E-state index contributed by atoms with van der Waals surface area (Å²) in [6.07, 6.45) is 7.65. The predicted octanol–water partition coefficient (Wildman–Crippen LogP) is 3.60. The van der Waals surface area contributed by atoms with Crippen LogP contribution in [-0.2, 0) is 16.0 Å². The molecule has 166 valence electrons. The first-order chi connectivity index (χ1) is 14.8. The van der Waals surface area contributed by atoms with Crippen molar-refractivity contribution in [2.75, 3.05) is 39.5 Å². The van der Waals surface area contributed by atoms with Crippen molar-refractivity contribution in [3.63, 3.8) is 0 Å². The number of guanidine groups is 1. The van der Waals surface area contributed by atoms with E-state index in [1.807, 2.05) is 6.07 Å². The minimum atomic E-state index is 0.309. The molecule has 1 aliphatic carbocycles. The van der Waals surface area contributed by atoms with Gasteiger partial charge in [-0.2, -0.15) is 0 Å². The van der Waals surface area contributed by atoms with Crippen LogP contribution < -0.4 is 10.1 Å². The monoisotopic (exact) mass is 415 g/mol. The third-order valence-electron chi connectivity index (χ3n) is 6.16. The lowest BCUT2D eigenvalue weighted by Gasteiger charge is -2.34. The fraction of sp³-hybridized carbons (Fsp3) is 0.708. The lowest BCUT2D eigenvalue weighted by molar-refractivity contribution is -0.0367. The Morgan fingerprint density at radius 3 is 2.70 bits per heavy atom. The van der Waals surface area contributed by atoms with Crippen LogP contribution in [0.5, 0.6) is 5.75 Å². The van der Waals surface area contributed by atoms with E-state index in [0.29, 0.717) is 18.8 Å². The first-order valence-electron chi connectivity index (χ1n) is 11.8. The SMILES string of the molecule is CCNC(=NCc1ccccc1OCC1CC1)N1CCC(OCC2CCCO2)CC1. The molecular formula is C24H37N3O3. The number of benzene rings is 1. The molecule has 0 bridgehead atoms. The van der Waals surface area contributed by atoms with Crippen molar-refractivity contribution in [2.45, 2.75) is 64.2 Å². The van der Waals surface area contributed by atoms with Crippen molar-refractivity contribution in [3.05, 3.63) is 29.8 Å². The Labute approximate surface area is 181 Å². The molecule has 0 aromatic heterocycles. The van der Waals surface area contributed by atoms with Gasteiger partial charge in [-0.25, -0.2) is 4.99 Å². The molecule has 1 atom stereocenters. The molecule has 0 amide bonds. The molecule has 1 unspecified atom stereocenters. The van der Waals surface area contributed by atoms with Crippen LogP contribution in [0, 0.1) is 5.92 Å². The Balaban J connectivity index is 1.28. The zero-order valence-corrected chi connectivity index (χ0v) is 18.4. The smallest absolute Gasteiger partial charge is 0.194 e. The van der Waals surface area contributed by atoms with E-state index >= 15 is 0 Å². The number of aliphatic imine (C=N–C) groups is 1. The molecule has 30 heavy (non-hydrogen) atoms. The van der Waals surface area contributed by atoms with Gasteiger partial charge in [0.1, 0.15) is 5.75 Å². The fourth-order valence-corrected chi connectivity index (χ4v) is 4.11. The van der Waals surface area contributed by atoms with Gasteiger partial charge in [-0.05, 0) is 57.4 Å². The molecule has 4 rings (SSSR count). The van der Waals surface area contributed by atoms with Crippen molar-refractivity contribution < 1.29 is 14.2 Å². The highest BCUT2D eigenvalue weighted by molar-refractivity contribution is 5.80. The van der Waals surface area contributed by atoms with Gasteiger partial charge in [0.25, 0.3) is 0 Å². The van der Waals surface area contributed by atoms with E-state index in [0.717, 1.165) is 81.9 Å². The van der Waals surface area contributed by atoms with Crippen LogP contribution >= 0.6 is 0 Å². The topological polar surface area (TPSA) is 55.3 Å². The molecular weight excluding hydrogens is 378 g/mol. The summed E-state index contributed by atoms with van der Waals surface area (Å²) in [6.45, 7) is 8.05. The summed E-state index contributed by atoms with van der Waals surface area (Å²) < 4.78 is 17.9. The average Bonchev–Trinajstić information content (AvgIpc) is 3.47. The highest BCUT2D eigenvalue weighted by atomic mass is 16.5. The zero-order valence-electron chi connectivity index (χ0n) is 18.4. The van der Waals surface area contributed by atoms with Gasteiger partial charge in [0, 0.05) is 31.8 Å². The second kappa shape index (κ2) is 11.0. The number of piperidine rings is 1. The summed E-state index contributed by atoms with van der Waals surface area (Å²) in [5.74, 6) is 2.72. The Morgan fingerprint density at radius 2 is 1.97 bits per heavy atom. The zero-order chi connectivity index (χ0) is 20.6. The number of likely N-dealkylation sites (tertiary alicyclic amines) is 1. The molecule has 2 saturated heterocycles. The number of hydrogen-bond acceptors (Lipinski definition) is 4. The predicted molar refractivity (Wildman–Crippen MR) is 119 cm³/mol. The van der Waals surface area contributed by atoms with Gasteiger partial charge in [-0.15, -0.1) is 0 Å². The lowest BCUT2D eigenvalue weighted by Crippen LogP contribution is -2.47. The summed E-state index contributed by atoms with van der Waals surface area (Å²) in [6, 6.07) is 8.30. The number of ether oxygens (including phenoxy) is 3. The molecule has 2 aliphatic heterocycles. The van der Waals surface area contributed by atoms with Crippen LogP contribution in [0.1, 0.15) is 51.0 Å². The van der Waals surface area contributed by atoms with Crippen LogP contribution in [0.15, 0.2) is 29.3 Å². The fourth-order valence-electron chi connectivity index (χ4n) is 4.11. The molecule has 0 spiro atoms. The molecule has 1 aromatic carbocycles. The van der Waals surface area contributed by atoms with E-state index in [4.69, 9.17) is 19.2 Å². The highest BCUT2D eigenvalue weighted by Crippen LogP contribution is 2.30. The Kier molecular flexibility index (Phi) is 7.87. The van der Waals surface area contributed by atoms with Gasteiger partial charge in [0.2, 0.25) is 0 Å². The number of rotatable bonds is 9. The Bertz CT molecular complexity index is 678.